The number of nitrogens with zero attached hydrogens (tertiary/aromatic N) is 1. The summed E-state index contributed by atoms with van der Waals surface area (Å²) in [5.41, 5.74) is 1.54. The van der Waals surface area contributed by atoms with Crippen molar-refractivity contribution in [2.24, 2.45) is 0 Å². The van der Waals surface area contributed by atoms with Gasteiger partial charge in [-0.15, -0.1) is 0 Å². The Morgan fingerprint density at radius 3 is 2.80 bits per heavy atom. The third-order valence-electron chi connectivity index (χ3n) is 3.55. The highest BCUT2D eigenvalue weighted by Crippen LogP contribution is 2.28. The summed E-state index contributed by atoms with van der Waals surface area (Å²) in [5, 5.41) is 3.30. The summed E-state index contributed by atoms with van der Waals surface area (Å²) < 4.78 is 19.9. The van der Waals surface area contributed by atoms with Crippen LogP contribution in [0.15, 0.2) is 18.2 Å². The first-order valence-electron chi connectivity index (χ1n) is 7.29. The molecule has 1 aromatic carbocycles. The lowest BCUT2D eigenvalue weighted by Gasteiger charge is -2.40. The van der Waals surface area contributed by atoms with E-state index < -0.39 is 0 Å². The van der Waals surface area contributed by atoms with Gasteiger partial charge in [-0.25, -0.2) is 4.39 Å². The molecule has 2 rings (SSSR count). The predicted molar refractivity (Wildman–Crippen MR) is 80.6 cm³/mol. The maximum Gasteiger partial charge on any atom is 0.129 e. The van der Waals surface area contributed by atoms with E-state index in [0.29, 0.717) is 19.2 Å². The van der Waals surface area contributed by atoms with Crippen molar-refractivity contribution in [3.8, 4) is 0 Å². The Bertz CT molecular complexity index is 460. The van der Waals surface area contributed by atoms with E-state index in [1.54, 1.807) is 6.07 Å². The van der Waals surface area contributed by atoms with Gasteiger partial charge in [0.15, 0.2) is 0 Å². The van der Waals surface area contributed by atoms with Crippen LogP contribution in [0.4, 0.5) is 10.1 Å². The van der Waals surface area contributed by atoms with E-state index >= 15 is 0 Å². The number of benzene rings is 1. The molecule has 1 aromatic rings. The second-order valence-corrected chi connectivity index (χ2v) is 6.30. The highest BCUT2D eigenvalue weighted by molar-refractivity contribution is 5.55. The van der Waals surface area contributed by atoms with Crippen molar-refractivity contribution in [3.05, 3.63) is 29.6 Å². The van der Waals surface area contributed by atoms with Gasteiger partial charge >= 0.3 is 0 Å². The molecule has 1 saturated heterocycles. The molecule has 0 saturated carbocycles. The molecule has 0 aromatic heterocycles. The zero-order valence-electron chi connectivity index (χ0n) is 12.9. The van der Waals surface area contributed by atoms with Crippen molar-refractivity contribution in [1.82, 2.24) is 5.32 Å². The van der Waals surface area contributed by atoms with Crippen LogP contribution in [0.3, 0.4) is 0 Å². The summed E-state index contributed by atoms with van der Waals surface area (Å²) in [6.07, 6.45) is 0. The lowest BCUT2D eigenvalue weighted by Crippen LogP contribution is -2.48. The number of anilines is 1. The van der Waals surface area contributed by atoms with Crippen LogP contribution in [-0.4, -0.2) is 31.3 Å². The van der Waals surface area contributed by atoms with Crippen LogP contribution in [0, 0.1) is 5.82 Å². The highest BCUT2D eigenvalue weighted by atomic mass is 19.1. The maximum atomic E-state index is 14.2. The Kier molecular flexibility index (Phi) is 4.66. The monoisotopic (exact) mass is 280 g/mol. The van der Waals surface area contributed by atoms with Gasteiger partial charge in [0.1, 0.15) is 5.82 Å². The number of halogens is 1. The fourth-order valence-corrected chi connectivity index (χ4v) is 2.55. The van der Waals surface area contributed by atoms with Gasteiger partial charge in [-0.3, -0.25) is 0 Å². The van der Waals surface area contributed by atoms with Crippen molar-refractivity contribution in [2.75, 3.05) is 24.6 Å². The minimum atomic E-state index is -0.187. The molecule has 20 heavy (non-hydrogen) atoms. The summed E-state index contributed by atoms with van der Waals surface area (Å²) in [6.45, 7) is 11.1. The van der Waals surface area contributed by atoms with Gasteiger partial charge in [-0.05, 0) is 26.0 Å². The van der Waals surface area contributed by atoms with Crippen LogP contribution in [0.25, 0.3) is 0 Å². The quantitative estimate of drug-likeness (QED) is 0.917. The van der Waals surface area contributed by atoms with Crippen molar-refractivity contribution in [1.29, 1.82) is 0 Å². The van der Waals surface area contributed by atoms with Gasteiger partial charge < -0.3 is 15.0 Å². The average Bonchev–Trinajstić information content (AvgIpc) is 2.35. The molecule has 1 fully saturated rings. The van der Waals surface area contributed by atoms with E-state index in [1.165, 1.54) is 6.07 Å². The summed E-state index contributed by atoms with van der Waals surface area (Å²) in [5.74, 6) is -0.139. The normalized spacial score (nSPS) is 18.6. The van der Waals surface area contributed by atoms with Crippen LogP contribution in [0.1, 0.15) is 33.3 Å². The van der Waals surface area contributed by atoms with E-state index in [1.807, 2.05) is 6.07 Å². The molecule has 1 aliphatic heterocycles. The van der Waals surface area contributed by atoms with Crippen LogP contribution >= 0.6 is 0 Å². The lowest BCUT2D eigenvalue weighted by molar-refractivity contribution is -0.0277. The molecule has 0 bridgehead atoms. The summed E-state index contributed by atoms with van der Waals surface area (Å²) in [4.78, 5) is 2.23. The highest BCUT2D eigenvalue weighted by Gasteiger charge is 2.28. The van der Waals surface area contributed by atoms with Crippen molar-refractivity contribution in [3.63, 3.8) is 0 Å². The molecule has 0 unspecified atom stereocenters. The molecule has 0 atom stereocenters. The topological polar surface area (TPSA) is 24.5 Å². The predicted octanol–water partition coefficient (Wildman–Crippen LogP) is 2.94. The largest absolute Gasteiger partial charge is 0.372 e. The number of nitrogens with one attached hydrogen (secondary N) is 1. The molecule has 1 heterocycles. The molecule has 0 spiro atoms. The molecular formula is C16H25FN2O. The third kappa shape index (κ3) is 3.70. The Morgan fingerprint density at radius 2 is 2.15 bits per heavy atom. The van der Waals surface area contributed by atoms with Crippen LogP contribution in [0.5, 0.6) is 0 Å². The first-order valence-corrected chi connectivity index (χ1v) is 7.29. The molecule has 1 N–H and O–H groups in total. The van der Waals surface area contributed by atoms with Gasteiger partial charge in [0.25, 0.3) is 0 Å². The van der Waals surface area contributed by atoms with Crippen LogP contribution in [0.2, 0.25) is 0 Å². The fourth-order valence-electron chi connectivity index (χ4n) is 2.55. The van der Waals surface area contributed by atoms with Crippen molar-refractivity contribution >= 4 is 5.69 Å². The van der Waals surface area contributed by atoms with E-state index in [0.717, 1.165) is 24.3 Å². The first kappa shape index (κ1) is 15.3. The Labute approximate surface area is 121 Å². The first-order chi connectivity index (χ1) is 9.39. The molecule has 112 valence electrons. The molecule has 4 heteroatoms. The summed E-state index contributed by atoms with van der Waals surface area (Å²) in [7, 11) is 0. The van der Waals surface area contributed by atoms with E-state index in [9.17, 15) is 4.39 Å². The fraction of sp³-hybridized carbons (Fsp3) is 0.625. The molecule has 3 nitrogen and oxygen atoms in total. The van der Waals surface area contributed by atoms with Gasteiger partial charge in [0.05, 0.1) is 12.2 Å². The van der Waals surface area contributed by atoms with Crippen molar-refractivity contribution in [2.45, 2.75) is 45.9 Å². The van der Waals surface area contributed by atoms with E-state index in [-0.39, 0.29) is 11.4 Å². The number of morpholine rings is 1. The van der Waals surface area contributed by atoms with Crippen molar-refractivity contribution < 1.29 is 9.13 Å². The second-order valence-electron chi connectivity index (χ2n) is 6.30. The van der Waals surface area contributed by atoms with Gasteiger partial charge in [0, 0.05) is 36.9 Å². The number of rotatable bonds is 4. The molecular weight excluding hydrogens is 255 g/mol. The lowest BCUT2D eigenvalue weighted by atomic mass is 10.0. The SMILES string of the molecule is CC(C)NCc1c(F)cccc1N1CCOC(C)(C)C1. The van der Waals surface area contributed by atoms with Gasteiger partial charge in [-0.2, -0.15) is 0 Å². The summed E-state index contributed by atoms with van der Waals surface area (Å²) >= 11 is 0. The second kappa shape index (κ2) is 6.10. The Hall–Kier alpha value is -1.13. The maximum absolute atomic E-state index is 14.2. The summed E-state index contributed by atoms with van der Waals surface area (Å²) in [6, 6.07) is 5.66. The van der Waals surface area contributed by atoms with Gasteiger partial charge in [-0.1, -0.05) is 19.9 Å². The standard InChI is InChI=1S/C16H25FN2O/c1-12(2)18-10-13-14(17)6-5-7-15(13)19-8-9-20-16(3,4)11-19/h5-7,12,18H,8-11H2,1-4H3. The minimum Gasteiger partial charge on any atom is -0.372 e. The van der Waals surface area contributed by atoms with Crippen LogP contribution in [-0.2, 0) is 11.3 Å². The zero-order valence-corrected chi connectivity index (χ0v) is 12.9. The molecule has 0 radical (unpaired) electrons. The number of hydrogen-bond acceptors (Lipinski definition) is 3. The number of hydrogen-bond donors (Lipinski definition) is 1. The van der Waals surface area contributed by atoms with Crippen LogP contribution < -0.4 is 10.2 Å². The molecule has 1 aliphatic rings. The number of ether oxygens (including phenoxy) is 1. The molecule has 0 aliphatic carbocycles. The van der Waals surface area contributed by atoms with Gasteiger partial charge in [0.2, 0.25) is 0 Å². The van der Waals surface area contributed by atoms with E-state index in [2.05, 4.69) is 37.9 Å². The smallest absolute Gasteiger partial charge is 0.129 e. The Balaban J connectivity index is 2.24. The average molecular weight is 280 g/mol. The van der Waals surface area contributed by atoms with E-state index in [4.69, 9.17) is 4.74 Å². The zero-order chi connectivity index (χ0) is 14.8. The minimum absolute atomic E-state index is 0.139. The third-order valence-corrected chi connectivity index (χ3v) is 3.55. The molecule has 0 amide bonds. The Morgan fingerprint density at radius 1 is 1.40 bits per heavy atom.